The molecule has 0 unspecified atom stereocenters. The van der Waals surface area contributed by atoms with Gasteiger partial charge in [-0.15, -0.1) is 0 Å². The highest BCUT2D eigenvalue weighted by molar-refractivity contribution is 5.88. The molecule has 1 aromatic heterocycles. The van der Waals surface area contributed by atoms with Gasteiger partial charge in [-0.25, -0.2) is 4.79 Å². The van der Waals surface area contributed by atoms with Crippen LogP contribution in [0.1, 0.15) is 22.5 Å². The Hall–Kier alpha value is -1.82. The Labute approximate surface area is 106 Å². The van der Waals surface area contributed by atoms with E-state index in [0.29, 0.717) is 18.7 Å². The van der Waals surface area contributed by atoms with Gasteiger partial charge < -0.3 is 19.7 Å². The van der Waals surface area contributed by atoms with Crippen LogP contribution in [0, 0.1) is 6.92 Å². The number of aryl methyl sites for hydroxylation is 1. The van der Waals surface area contributed by atoms with E-state index in [2.05, 4.69) is 5.32 Å². The summed E-state index contributed by atoms with van der Waals surface area (Å²) in [7, 11) is 1.60. The first-order valence-corrected chi connectivity index (χ1v) is 5.71. The molecule has 0 spiro atoms. The smallest absolute Gasteiger partial charge is 0.352 e. The van der Waals surface area contributed by atoms with Gasteiger partial charge in [0.05, 0.1) is 0 Å². The van der Waals surface area contributed by atoms with Crippen LogP contribution in [0.3, 0.4) is 0 Å². The summed E-state index contributed by atoms with van der Waals surface area (Å²) >= 11 is 0. The number of amides is 1. The summed E-state index contributed by atoms with van der Waals surface area (Å²) in [6.45, 7) is 2.83. The van der Waals surface area contributed by atoms with E-state index < -0.39 is 5.97 Å². The average molecular weight is 254 g/mol. The van der Waals surface area contributed by atoms with E-state index in [0.717, 1.165) is 6.42 Å². The largest absolute Gasteiger partial charge is 0.477 e. The first-order valence-electron chi connectivity index (χ1n) is 5.71. The number of rotatable bonds is 7. The second-order valence-corrected chi connectivity index (χ2v) is 3.98. The molecule has 0 aromatic carbocycles. The topological polar surface area (TPSA) is 80.6 Å². The molecular weight excluding hydrogens is 236 g/mol. The molecule has 6 nitrogen and oxygen atoms in total. The van der Waals surface area contributed by atoms with Gasteiger partial charge in [0, 0.05) is 26.5 Å². The second kappa shape index (κ2) is 6.80. The number of nitrogens with zero attached hydrogens (tertiary/aromatic N) is 1. The van der Waals surface area contributed by atoms with Crippen molar-refractivity contribution < 1.29 is 19.4 Å². The lowest BCUT2D eigenvalue weighted by atomic mass is 10.3. The molecule has 0 aliphatic carbocycles. The molecule has 1 amide bonds. The summed E-state index contributed by atoms with van der Waals surface area (Å²) in [5.41, 5.74) is 0.803. The van der Waals surface area contributed by atoms with Gasteiger partial charge in [-0.1, -0.05) is 0 Å². The SMILES string of the molecule is COCCCNC(=O)Cn1ccc(C)c1C(=O)O. The average Bonchev–Trinajstić information content (AvgIpc) is 2.66. The molecule has 1 heterocycles. The van der Waals surface area contributed by atoms with Gasteiger partial charge in [0.25, 0.3) is 0 Å². The van der Waals surface area contributed by atoms with Crippen molar-refractivity contribution in [3.63, 3.8) is 0 Å². The highest BCUT2D eigenvalue weighted by Gasteiger charge is 2.14. The summed E-state index contributed by atoms with van der Waals surface area (Å²) in [5, 5.41) is 11.7. The van der Waals surface area contributed by atoms with Gasteiger partial charge in [-0.3, -0.25) is 4.79 Å². The lowest BCUT2D eigenvalue weighted by molar-refractivity contribution is -0.121. The van der Waals surface area contributed by atoms with Crippen molar-refractivity contribution in [3.8, 4) is 0 Å². The van der Waals surface area contributed by atoms with Gasteiger partial charge >= 0.3 is 5.97 Å². The molecular formula is C12H18N2O4. The fraction of sp³-hybridized carbons (Fsp3) is 0.500. The van der Waals surface area contributed by atoms with Crippen LogP contribution in [0.15, 0.2) is 12.3 Å². The van der Waals surface area contributed by atoms with Gasteiger partial charge in [-0.05, 0) is 25.0 Å². The van der Waals surface area contributed by atoms with Crippen LogP contribution in [0.5, 0.6) is 0 Å². The van der Waals surface area contributed by atoms with E-state index in [1.807, 2.05) is 0 Å². The van der Waals surface area contributed by atoms with E-state index in [4.69, 9.17) is 9.84 Å². The number of carbonyl (C=O) groups is 2. The zero-order chi connectivity index (χ0) is 13.5. The second-order valence-electron chi connectivity index (χ2n) is 3.98. The predicted octanol–water partition coefficient (Wildman–Crippen LogP) is 0.647. The number of methoxy groups -OCH3 is 1. The van der Waals surface area contributed by atoms with Crippen LogP contribution in [-0.2, 0) is 16.1 Å². The maximum Gasteiger partial charge on any atom is 0.352 e. The monoisotopic (exact) mass is 254 g/mol. The van der Waals surface area contributed by atoms with Gasteiger partial charge in [0.15, 0.2) is 0 Å². The number of ether oxygens (including phenoxy) is 1. The van der Waals surface area contributed by atoms with E-state index in [9.17, 15) is 9.59 Å². The molecule has 18 heavy (non-hydrogen) atoms. The van der Waals surface area contributed by atoms with Crippen molar-refractivity contribution in [2.45, 2.75) is 19.9 Å². The molecule has 0 saturated heterocycles. The van der Waals surface area contributed by atoms with Crippen molar-refractivity contribution in [3.05, 3.63) is 23.5 Å². The molecule has 100 valence electrons. The minimum atomic E-state index is -1.02. The Morgan fingerprint density at radius 2 is 2.22 bits per heavy atom. The van der Waals surface area contributed by atoms with E-state index in [1.54, 1.807) is 26.3 Å². The predicted molar refractivity (Wildman–Crippen MR) is 65.6 cm³/mol. The molecule has 1 rings (SSSR count). The number of carbonyl (C=O) groups excluding carboxylic acids is 1. The van der Waals surface area contributed by atoms with Crippen LogP contribution in [0.4, 0.5) is 0 Å². The Kier molecular flexibility index (Phi) is 5.38. The third-order valence-electron chi connectivity index (χ3n) is 2.53. The number of carboxylic acids is 1. The lowest BCUT2D eigenvalue weighted by Gasteiger charge is -2.08. The molecule has 0 fully saturated rings. The third kappa shape index (κ3) is 3.89. The molecule has 0 atom stereocenters. The summed E-state index contributed by atoms with van der Waals surface area (Å²) in [5.74, 6) is -1.23. The highest BCUT2D eigenvalue weighted by Crippen LogP contribution is 2.09. The quantitative estimate of drug-likeness (QED) is 0.700. The van der Waals surface area contributed by atoms with Crippen molar-refractivity contribution >= 4 is 11.9 Å². The van der Waals surface area contributed by atoms with Crippen LogP contribution >= 0.6 is 0 Å². The summed E-state index contributed by atoms with van der Waals surface area (Å²) in [4.78, 5) is 22.6. The summed E-state index contributed by atoms with van der Waals surface area (Å²) in [6, 6.07) is 1.68. The van der Waals surface area contributed by atoms with Gasteiger partial charge in [0.1, 0.15) is 12.2 Å². The molecule has 6 heteroatoms. The van der Waals surface area contributed by atoms with Crippen LogP contribution < -0.4 is 5.32 Å². The van der Waals surface area contributed by atoms with Gasteiger partial charge in [0.2, 0.25) is 5.91 Å². The minimum absolute atomic E-state index is 0.0163. The Bertz CT molecular complexity index is 426. The normalized spacial score (nSPS) is 10.3. The zero-order valence-electron chi connectivity index (χ0n) is 10.6. The standard InChI is InChI=1S/C12H18N2O4/c1-9-4-6-14(11(9)12(16)17)8-10(15)13-5-3-7-18-2/h4,6H,3,5,7-8H2,1-2H3,(H,13,15)(H,16,17). The third-order valence-corrected chi connectivity index (χ3v) is 2.53. The fourth-order valence-corrected chi connectivity index (χ4v) is 1.66. The number of hydrogen-bond acceptors (Lipinski definition) is 3. The van der Waals surface area contributed by atoms with Crippen molar-refractivity contribution in [1.29, 1.82) is 0 Å². The summed E-state index contributed by atoms with van der Waals surface area (Å²) in [6.07, 6.45) is 2.34. The first kappa shape index (κ1) is 14.2. The van der Waals surface area contributed by atoms with Crippen molar-refractivity contribution in [2.75, 3.05) is 20.3 Å². The molecule has 1 aromatic rings. The molecule has 0 bridgehead atoms. The lowest BCUT2D eigenvalue weighted by Crippen LogP contribution is -2.29. The van der Waals surface area contributed by atoms with Crippen LogP contribution in [0.2, 0.25) is 0 Å². The van der Waals surface area contributed by atoms with Gasteiger partial charge in [-0.2, -0.15) is 0 Å². The Balaban J connectivity index is 2.52. The number of hydrogen-bond donors (Lipinski definition) is 2. The first-order chi connectivity index (χ1) is 8.56. The molecule has 0 radical (unpaired) electrons. The maximum atomic E-state index is 11.6. The van der Waals surface area contributed by atoms with Crippen molar-refractivity contribution in [2.24, 2.45) is 0 Å². The minimum Gasteiger partial charge on any atom is -0.477 e. The van der Waals surface area contributed by atoms with Crippen LogP contribution in [0.25, 0.3) is 0 Å². The number of carboxylic acid groups (broad SMARTS) is 1. The maximum absolute atomic E-state index is 11.6. The highest BCUT2D eigenvalue weighted by atomic mass is 16.5. The number of aromatic nitrogens is 1. The molecule has 0 aliphatic heterocycles. The van der Waals surface area contributed by atoms with E-state index in [-0.39, 0.29) is 18.1 Å². The van der Waals surface area contributed by atoms with E-state index in [1.165, 1.54) is 4.57 Å². The summed E-state index contributed by atoms with van der Waals surface area (Å²) < 4.78 is 6.30. The zero-order valence-corrected chi connectivity index (χ0v) is 10.6. The van der Waals surface area contributed by atoms with E-state index >= 15 is 0 Å². The number of aromatic carboxylic acids is 1. The molecule has 0 saturated carbocycles. The molecule has 0 aliphatic rings. The van der Waals surface area contributed by atoms with Crippen LogP contribution in [-0.4, -0.2) is 41.8 Å². The Morgan fingerprint density at radius 1 is 1.50 bits per heavy atom. The van der Waals surface area contributed by atoms with Crippen molar-refractivity contribution in [1.82, 2.24) is 9.88 Å². The number of nitrogens with one attached hydrogen (secondary N) is 1. The molecule has 2 N–H and O–H groups in total. The Morgan fingerprint density at radius 3 is 2.83 bits per heavy atom. The fourth-order valence-electron chi connectivity index (χ4n) is 1.66.